The highest BCUT2D eigenvalue weighted by molar-refractivity contribution is 7.18. The molecule has 18 heavy (non-hydrogen) atoms. The largest absolute Gasteiger partial charge is 0.335 e. The number of thiophene rings is 1. The number of ketones is 1. The molecule has 0 aliphatic carbocycles. The first-order chi connectivity index (χ1) is 8.47. The summed E-state index contributed by atoms with van der Waals surface area (Å²) in [4.78, 5) is 38.2. The van der Waals surface area contributed by atoms with Crippen LogP contribution in [0.5, 0.6) is 0 Å². The summed E-state index contributed by atoms with van der Waals surface area (Å²) in [6, 6.07) is 3.26. The number of hydrogen-bond donors (Lipinski definition) is 0. The fourth-order valence-corrected chi connectivity index (χ4v) is 2.60. The van der Waals surface area contributed by atoms with Crippen LogP contribution in [0, 0.1) is 0 Å². The monoisotopic (exact) mass is 286 g/mol. The van der Waals surface area contributed by atoms with Crippen LogP contribution in [0.25, 0.3) is 0 Å². The van der Waals surface area contributed by atoms with Gasteiger partial charge in [-0.1, -0.05) is 11.6 Å². The van der Waals surface area contributed by atoms with Crippen molar-refractivity contribution in [3.8, 4) is 0 Å². The minimum absolute atomic E-state index is 0.0251. The van der Waals surface area contributed by atoms with Crippen molar-refractivity contribution in [1.82, 2.24) is 9.80 Å². The highest BCUT2D eigenvalue weighted by atomic mass is 35.5. The molecule has 1 aromatic rings. The minimum Gasteiger partial charge on any atom is -0.335 e. The predicted octanol–water partition coefficient (Wildman–Crippen LogP) is 0.885. The molecule has 0 unspecified atom stereocenters. The molecule has 96 valence electrons. The molecule has 7 heteroatoms. The van der Waals surface area contributed by atoms with Gasteiger partial charge < -0.3 is 9.80 Å². The van der Waals surface area contributed by atoms with Crippen LogP contribution in [-0.2, 0) is 9.59 Å². The van der Waals surface area contributed by atoms with Crippen molar-refractivity contribution in [3.63, 3.8) is 0 Å². The van der Waals surface area contributed by atoms with Crippen LogP contribution in [0.3, 0.4) is 0 Å². The topological polar surface area (TPSA) is 57.7 Å². The van der Waals surface area contributed by atoms with E-state index in [0.29, 0.717) is 9.21 Å². The molecule has 2 rings (SSSR count). The molecule has 0 spiro atoms. The third-order valence-electron chi connectivity index (χ3n) is 2.66. The van der Waals surface area contributed by atoms with Gasteiger partial charge in [-0.2, -0.15) is 0 Å². The van der Waals surface area contributed by atoms with Crippen LogP contribution >= 0.6 is 22.9 Å². The first-order valence-electron chi connectivity index (χ1n) is 5.27. The number of halogens is 1. The lowest BCUT2D eigenvalue weighted by atomic mass is 10.2. The van der Waals surface area contributed by atoms with E-state index in [4.69, 9.17) is 11.6 Å². The molecule has 1 fully saturated rings. The van der Waals surface area contributed by atoms with Gasteiger partial charge in [0.1, 0.15) is 6.54 Å². The number of rotatable bonds is 3. The molecule has 0 aromatic carbocycles. The van der Waals surface area contributed by atoms with E-state index in [2.05, 4.69) is 0 Å². The van der Waals surface area contributed by atoms with Gasteiger partial charge >= 0.3 is 0 Å². The Bertz CT molecular complexity index is 514. The summed E-state index contributed by atoms with van der Waals surface area (Å²) in [7, 11) is 1.57. The van der Waals surface area contributed by atoms with Gasteiger partial charge in [0, 0.05) is 7.05 Å². The second-order valence-corrected chi connectivity index (χ2v) is 5.74. The molecule has 1 aliphatic rings. The van der Waals surface area contributed by atoms with Gasteiger partial charge in [0.2, 0.25) is 11.8 Å². The Hall–Kier alpha value is -1.40. The molecule has 1 aromatic heterocycles. The Morgan fingerprint density at radius 2 is 2.06 bits per heavy atom. The van der Waals surface area contributed by atoms with Gasteiger partial charge in [-0.05, 0) is 12.1 Å². The number of likely N-dealkylation sites (N-methyl/N-ethyl adjacent to an activating group) is 1. The van der Waals surface area contributed by atoms with Gasteiger partial charge in [0.05, 0.1) is 22.3 Å². The number of Topliss-reactive ketones (excluding diaryl/α,β-unsaturated/α-hetero) is 1. The van der Waals surface area contributed by atoms with E-state index in [0.717, 1.165) is 0 Å². The fourth-order valence-electron chi connectivity index (χ4n) is 1.62. The highest BCUT2D eigenvalue weighted by Gasteiger charge is 2.29. The molecule has 0 bridgehead atoms. The molecule has 0 saturated carbocycles. The molecule has 0 atom stereocenters. The normalized spacial score (nSPS) is 16.3. The smallest absolute Gasteiger partial charge is 0.243 e. The predicted molar refractivity (Wildman–Crippen MR) is 67.9 cm³/mol. The lowest BCUT2D eigenvalue weighted by molar-refractivity contribution is -0.148. The Morgan fingerprint density at radius 1 is 1.33 bits per heavy atom. The van der Waals surface area contributed by atoms with Crippen molar-refractivity contribution < 1.29 is 14.4 Å². The Labute approximate surface area is 113 Å². The van der Waals surface area contributed by atoms with Crippen LogP contribution in [0.2, 0.25) is 4.34 Å². The third kappa shape index (κ3) is 2.70. The van der Waals surface area contributed by atoms with Crippen LogP contribution in [0.1, 0.15) is 9.67 Å². The zero-order valence-electron chi connectivity index (χ0n) is 9.68. The maximum absolute atomic E-state index is 11.9. The Morgan fingerprint density at radius 3 is 2.67 bits per heavy atom. The maximum atomic E-state index is 11.9. The van der Waals surface area contributed by atoms with Crippen molar-refractivity contribution in [2.24, 2.45) is 0 Å². The van der Waals surface area contributed by atoms with E-state index in [1.165, 1.54) is 21.1 Å². The van der Waals surface area contributed by atoms with Crippen LogP contribution < -0.4 is 0 Å². The van der Waals surface area contributed by atoms with Crippen LogP contribution in [-0.4, -0.2) is 54.1 Å². The molecule has 1 saturated heterocycles. The maximum Gasteiger partial charge on any atom is 0.243 e. The quantitative estimate of drug-likeness (QED) is 0.775. The van der Waals surface area contributed by atoms with Gasteiger partial charge in [-0.15, -0.1) is 11.3 Å². The zero-order chi connectivity index (χ0) is 13.3. The van der Waals surface area contributed by atoms with Gasteiger partial charge in [-0.25, -0.2) is 0 Å². The third-order valence-corrected chi connectivity index (χ3v) is 3.93. The van der Waals surface area contributed by atoms with Gasteiger partial charge in [0.15, 0.2) is 5.78 Å². The van der Waals surface area contributed by atoms with E-state index in [1.807, 2.05) is 0 Å². The Balaban J connectivity index is 2.03. The first kappa shape index (κ1) is 13.0. The number of carbonyl (C=O) groups excluding carboxylic acids is 3. The lowest BCUT2D eigenvalue weighted by Crippen LogP contribution is -2.53. The summed E-state index contributed by atoms with van der Waals surface area (Å²) < 4.78 is 0.527. The van der Waals surface area contributed by atoms with Crippen molar-refractivity contribution in [2.45, 2.75) is 0 Å². The summed E-state index contributed by atoms with van der Waals surface area (Å²) >= 11 is 6.91. The number of hydrogen-bond acceptors (Lipinski definition) is 4. The Kier molecular flexibility index (Phi) is 3.68. The number of amides is 2. The van der Waals surface area contributed by atoms with Crippen molar-refractivity contribution in [2.75, 3.05) is 26.7 Å². The van der Waals surface area contributed by atoms with E-state index >= 15 is 0 Å². The number of carbonyl (C=O) groups is 3. The van der Waals surface area contributed by atoms with Gasteiger partial charge in [-0.3, -0.25) is 14.4 Å². The van der Waals surface area contributed by atoms with E-state index in [9.17, 15) is 14.4 Å². The highest BCUT2D eigenvalue weighted by Crippen LogP contribution is 2.22. The SMILES string of the molecule is CN1CC(=O)N(CC(=O)c2ccc(Cl)s2)CC1=O. The summed E-state index contributed by atoms with van der Waals surface area (Å²) in [6.45, 7) is -0.0905. The van der Waals surface area contributed by atoms with Gasteiger partial charge in [0.25, 0.3) is 0 Å². The molecule has 5 nitrogen and oxygen atoms in total. The minimum atomic E-state index is -0.215. The van der Waals surface area contributed by atoms with Crippen molar-refractivity contribution >= 4 is 40.5 Å². The number of nitrogens with zero attached hydrogens (tertiary/aromatic N) is 2. The van der Waals surface area contributed by atoms with E-state index < -0.39 is 0 Å². The van der Waals surface area contributed by atoms with Crippen molar-refractivity contribution in [1.29, 1.82) is 0 Å². The van der Waals surface area contributed by atoms with E-state index in [-0.39, 0.29) is 37.2 Å². The second-order valence-electron chi connectivity index (χ2n) is 4.03. The summed E-state index contributed by atoms with van der Waals surface area (Å²) in [5.74, 6) is -0.572. The van der Waals surface area contributed by atoms with Crippen LogP contribution in [0.4, 0.5) is 0 Å². The summed E-state index contributed by atoms with van der Waals surface area (Å²) in [5, 5.41) is 0. The fraction of sp³-hybridized carbons (Fsp3) is 0.364. The van der Waals surface area contributed by atoms with E-state index in [1.54, 1.807) is 19.2 Å². The summed E-state index contributed by atoms with van der Waals surface area (Å²) in [5.41, 5.74) is 0. The molecule has 2 heterocycles. The first-order valence-corrected chi connectivity index (χ1v) is 6.47. The molecule has 2 amide bonds. The average Bonchev–Trinajstić information content (AvgIpc) is 2.73. The lowest BCUT2D eigenvalue weighted by Gasteiger charge is -2.30. The van der Waals surface area contributed by atoms with Crippen LogP contribution in [0.15, 0.2) is 12.1 Å². The molecule has 1 aliphatic heterocycles. The molecular formula is C11H11ClN2O3S. The molecule has 0 radical (unpaired) electrons. The average molecular weight is 287 g/mol. The van der Waals surface area contributed by atoms with Crippen molar-refractivity contribution in [3.05, 3.63) is 21.3 Å². The second kappa shape index (κ2) is 5.07. The molecular weight excluding hydrogens is 276 g/mol. The zero-order valence-corrected chi connectivity index (χ0v) is 11.3. The molecule has 0 N–H and O–H groups in total. The standard InChI is InChI=1S/C11H11ClN2O3S/c1-13-5-11(17)14(6-10(13)16)4-7(15)8-2-3-9(12)18-8/h2-3H,4-6H2,1H3. The summed E-state index contributed by atoms with van der Waals surface area (Å²) in [6.07, 6.45) is 0. The number of piperazine rings is 1.